The van der Waals surface area contributed by atoms with Crippen molar-refractivity contribution in [2.75, 3.05) is 0 Å². The summed E-state index contributed by atoms with van der Waals surface area (Å²) < 4.78 is 0. The quantitative estimate of drug-likeness (QED) is 0.865. The van der Waals surface area contributed by atoms with E-state index in [2.05, 4.69) is 6.92 Å². The van der Waals surface area contributed by atoms with Gasteiger partial charge in [0.05, 0.1) is 11.6 Å². The number of amides is 1. The largest absolute Gasteiger partial charge is 0.478 e. The van der Waals surface area contributed by atoms with Gasteiger partial charge in [0.15, 0.2) is 0 Å². The summed E-state index contributed by atoms with van der Waals surface area (Å²) in [5.74, 6) is -0.909. The first kappa shape index (κ1) is 14.1. The Morgan fingerprint density at radius 2 is 2.10 bits per heavy atom. The van der Waals surface area contributed by atoms with Gasteiger partial charge in [-0.05, 0) is 55.9 Å². The predicted octanol–water partition coefficient (Wildman–Crippen LogP) is 3.16. The average molecular weight is 287 g/mol. The van der Waals surface area contributed by atoms with Crippen molar-refractivity contribution >= 4 is 12.4 Å². The summed E-state index contributed by atoms with van der Waals surface area (Å²) >= 11 is 0. The minimum atomic E-state index is -0.909. The molecule has 1 N–H and O–H groups in total. The van der Waals surface area contributed by atoms with Gasteiger partial charge in [-0.3, -0.25) is 4.79 Å². The monoisotopic (exact) mass is 287 g/mol. The molecule has 0 radical (unpaired) electrons. The lowest BCUT2D eigenvalue weighted by Gasteiger charge is -2.40. The van der Waals surface area contributed by atoms with E-state index in [0.29, 0.717) is 5.56 Å². The molecule has 4 heteroatoms. The third-order valence-electron chi connectivity index (χ3n) is 5.19. The van der Waals surface area contributed by atoms with E-state index >= 15 is 0 Å². The van der Waals surface area contributed by atoms with Gasteiger partial charge in [0.2, 0.25) is 6.41 Å². The lowest BCUT2D eigenvalue weighted by molar-refractivity contribution is -0.126. The number of aryl methyl sites for hydroxylation is 1. The standard InChI is InChI=1S/C17H21NO3/c1-17(8-2-3-9-17)18(11-19)15-7-6-12-4-5-13(16(20)21)10-14(12)15/h4-5,10-11,15H,2-3,6-9H2,1H3,(H,20,21)/t15-/m1/s1. The van der Waals surface area contributed by atoms with Crippen LogP contribution < -0.4 is 0 Å². The van der Waals surface area contributed by atoms with Gasteiger partial charge in [0.25, 0.3) is 0 Å². The maximum Gasteiger partial charge on any atom is 0.335 e. The molecule has 1 aromatic rings. The van der Waals surface area contributed by atoms with Crippen LogP contribution in [-0.2, 0) is 11.2 Å². The molecule has 112 valence electrons. The second-order valence-electron chi connectivity index (χ2n) is 6.49. The number of aromatic carboxylic acids is 1. The SMILES string of the molecule is CC1(N(C=O)[C@@H]2CCc3ccc(C(=O)O)cc32)CCCC1. The fourth-order valence-electron chi connectivity index (χ4n) is 3.97. The number of carboxylic acids is 1. The van der Waals surface area contributed by atoms with Crippen LogP contribution in [0.25, 0.3) is 0 Å². The molecule has 21 heavy (non-hydrogen) atoms. The fraction of sp³-hybridized carbons (Fsp3) is 0.529. The molecule has 0 heterocycles. The third kappa shape index (κ3) is 2.33. The van der Waals surface area contributed by atoms with Crippen LogP contribution in [0.3, 0.4) is 0 Å². The first-order chi connectivity index (χ1) is 10.0. The topological polar surface area (TPSA) is 57.6 Å². The molecule has 2 aliphatic rings. The Morgan fingerprint density at radius 3 is 2.71 bits per heavy atom. The number of hydrogen-bond donors (Lipinski definition) is 1. The maximum absolute atomic E-state index is 11.7. The van der Waals surface area contributed by atoms with Crippen LogP contribution in [0, 0.1) is 0 Å². The Bertz CT molecular complexity index is 575. The average Bonchev–Trinajstić information content (AvgIpc) is 3.07. The Morgan fingerprint density at radius 1 is 1.38 bits per heavy atom. The summed E-state index contributed by atoms with van der Waals surface area (Å²) in [6.07, 6.45) is 7.18. The molecule has 0 aliphatic heterocycles. The van der Waals surface area contributed by atoms with Crippen molar-refractivity contribution in [3.05, 3.63) is 34.9 Å². The first-order valence-corrected chi connectivity index (χ1v) is 7.65. The highest BCUT2D eigenvalue weighted by Crippen LogP contribution is 2.44. The summed E-state index contributed by atoms with van der Waals surface area (Å²) in [6.45, 7) is 2.16. The van der Waals surface area contributed by atoms with Crippen LogP contribution in [0.15, 0.2) is 18.2 Å². The minimum Gasteiger partial charge on any atom is -0.478 e. The zero-order valence-corrected chi connectivity index (χ0v) is 12.3. The van der Waals surface area contributed by atoms with E-state index in [-0.39, 0.29) is 11.6 Å². The summed E-state index contributed by atoms with van der Waals surface area (Å²) in [5.41, 5.74) is 2.43. The molecular weight excluding hydrogens is 266 g/mol. The fourth-order valence-corrected chi connectivity index (χ4v) is 3.97. The van der Waals surface area contributed by atoms with E-state index in [1.165, 1.54) is 5.56 Å². The molecule has 1 saturated carbocycles. The lowest BCUT2D eigenvalue weighted by Crippen LogP contribution is -2.45. The molecule has 0 saturated heterocycles. The summed E-state index contributed by atoms with van der Waals surface area (Å²) in [7, 11) is 0. The second-order valence-corrected chi connectivity index (χ2v) is 6.49. The molecule has 0 unspecified atom stereocenters. The first-order valence-electron chi connectivity index (χ1n) is 7.65. The van der Waals surface area contributed by atoms with Gasteiger partial charge in [-0.2, -0.15) is 0 Å². The van der Waals surface area contributed by atoms with E-state index in [9.17, 15) is 14.7 Å². The molecule has 2 aliphatic carbocycles. The number of fused-ring (bicyclic) bond motifs is 1. The Labute approximate surface area is 124 Å². The molecule has 3 rings (SSSR count). The normalized spacial score (nSPS) is 22.8. The van der Waals surface area contributed by atoms with Gasteiger partial charge in [0.1, 0.15) is 0 Å². The Hall–Kier alpha value is -1.84. The summed E-state index contributed by atoms with van der Waals surface area (Å²) in [6, 6.07) is 5.34. The molecule has 1 atom stereocenters. The number of carboxylic acid groups (broad SMARTS) is 1. The second kappa shape index (κ2) is 5.17. The van der Waals surface area contributed by atoms with Crippen molar-refractivity contribution < 1.29 is 14.7 Å². The molecule has 4 nitrogen and oxygen atoms in total. The molecule has 1 aromatic carbocycles. The highest BCUT2D eigenvalue weighted by molar-refractivity contribution is 5.88. The summed E-state index contributed by atoms with van der Waals surface area (Å²) in [4.78, 5) is 24.9. The van der Waals surface area contributed by atoms with Crippen LogP contribution in [0.4, 0.5) is 0 Å². The van der Waals surface area contributed by atoms with Crippen molar-refractivity contribution in [1.82, 2.24) is 4.90 Å². The number of nitrogens with zero attached hydrogens (tertiary/aromatic N) is 1. The van der Waals surface area contributed by atoms with Gasteiger partial charge in [-0.1, -0.05) is 18.9 Å². The van der Waals surface area contributed by atoms with E-state index in [0.717, 1.165) is 50.5 Å². The van der Waals surface area contributed by atoms with Crippen molar-refractivity contribution in [1.29, 1.82) is 0 Å². The van der Waals surface area contributed by atoms with Crippen LogP contribution in [0.1, 0.15) is 66.6 Å². The highest BCUT2D eigenvalue weighted by atomic mass is 16.4. The van der Waals surface area contributed by atoms with E-state index in [1.54, 1.807) is 12.1 Å². The number of carbonyl (C=O) groups excluding carboxylic acids is 1. The third-order valence-corrected chi connectivity index (χ3v) is 5.19. The van der Waals surface area contributed by atoms with Crippen LogP contribution in [-0.4, -0.2) is 27.9 Å². The van der Waals surface area contributed by atoms with E-state index < -0.39 is 5.97 Å². The molecule has 0 spiro atoms. The highest BCUT2D eigenvalue weighted by Gasteiger charge is 2.40. The number of benzene rings is 1. The molecule has 0 bridgehead atoms. The van der Waals surface area contributed by atoms with Crippen molar-refractivity contribution in [2.24, 2.45) is 0 Å². The van der Waals surface area contributed by atoms with Crippen LogP contribution in [0.2, 0.25) is 0 Å². The molecular formula is C17H21NO3. The number of hydrogen-bond acceptors (Lipinski definition) is 2. The Kier molecular flexibility index (Phi) is 3.47. The van der Waals surface area contributed by atoms with Gasteiger partial charge in [-0.15, -0.1) is 0 Å². The van der Waals surface area contributed by atoms with Gasteiger partial charge in [-0.25, -0.2) is 4.79 Å². The van der Waals surface area contributed by atoms with Crippen molar-refractivity contribution in [3.8, 4) is 0 Å². The van der Waals surface area contributed by atoms with E-state index in [1.807, 2.05) is 11.0 Å². The van der Waals surface area contributed by atoms with Gasteiger partial charge < -0.3 is 10.0 Å². The maximum atomic E-state index is 11.7. The van der Waals surface area contributed by atoms with Crippen molar-refractivity contribution in [3.63, 3.8) is 0 Å². The molecule has 1 amide bonds. The Balaban J connectivity index is 1.96. The predicted molar refractivity (Wildman–Crippen MR) is 79.2 cm³/mol. The zero-order chi connectivity index (χ0) is 15.0. The van der Waals surface area contributed by atoms with Crippen LogP contribution in [0.5, 0.6) is 0 Å². The summed E-state index contributed by atoms with van der Waals surface area (Å²) in [5, 5.41) is 9.18. The van der Waals surface area contributed by atoms with Crippen molar-refractivity contribution in [2.45, 2.75) is 57.0 Å². The number of rotatable bonds is 4. The zero-order valence-electron chi connectivity index (χ0n) is 12.3. The van der Waals surface area contributed by atoms with E-state index in [4.69, 9.17) is 0 Å². The van der Waals surface area contributed by atoms with Gasteiger partial charge >= 0.3 is 5.97 Å². The lowest BCUT2D eigenvalue weighted by atomic mass is 9.94. The van der Waals surface area contributed by atoms with Gasteiger partial charge in [0, 0.05) is 5.54 Å². The molecule has 1 fully saturated rings. The van der Waals surface area contributed by atoms with Crippen LogP contribution >= 0.6 is 0 Å². The minimum absolute atomic E-state index is 0.0277. The smallest absolute Gasteiger partial charge is 0.335 e. The number of carbonyl (C=O) groups is 2. The molecule has 0 aromatic heterocycles.